The van der Waals surface area contributed by atoms with Crippen LogP contribution in [0.1, 0.15) is 22.8 Å². The molecule has 2 rings (SSSR count). The van der Waals surface area contributed by atoms with E-state index in [4.69, 9.17) is 16.4 Å². The van der Waals surface area contributed by atoms with Crippen molar-refractivity contribution in [3.63, 3.8) is 0 Å². The van der Waals surface area contributed by atoms with E-state index in [0.717, 1.165) is 6.07 Å². The molecule has 0 saturated carbocycles. The lowest BCUT2D eigenvalue weighted by atomic mass is 10.2. The van der Waals surface area contributed by atoms with Gasteiger partial charge in [-0.15, -0.1) is 0 Å². The summed E-state index contributed by atoms with van der Waals surface area (Å²) in [6, 6.07) is 9.50. The molecular formula is C20H23ClFN3O5S. The molecule has 0 radical (unpaired) electrons. The Labute approximate surface area is 185 Å². The highest BCUT2D eigenvalue weighted by molar-refractivity contribution is 7.89. The first-order valence-electron chi connectivity index (χ1n) is 9.23. The Kier molecular flexibility index (Phi) is 8.52. The van der Waals surface area contributed by atoms with Crippen LogP contribution in [0.25, 0.3) is 0 Å². The SMILES string of the molecule is CCN(CC(=O)NCc1ccc(F)cc1)C(=O)c1ccc(Cl)c(S(=O)(=O)N(C)OC)c1. The summed E-state index contributed by atoms with van der Waals surface area (Å²) in [5.74, 6) is -1.33. The molecule has 0 fully saturated rings. The van der Waals surface area contributed by atoms with Gasteiger partial charge in [-0.25, -0.2) is 12.8 Å². The molecule has 31 heavy (non-hydrogen) atoms. The second kappa shape index (κ2) is 10.7. The maximum Gasteiger partial charge on any atom is 0.266 e. The number of likely N-dealkylation sites (N-methyl/N-ethyl adjacent to an activating group) is 1. The molecule has 0 bridgehead atoms. The molecule has 0 aliphatic rings. The number of hydrogen-bond donors (Lipinski definition) is 1. The van der Waals surface area contributed by atoms with Crippen LogP contribution in [0.15, 0.2) is 47.4 Å². The second-order valence-corrected chi connectivity index (χ2v) is 8.78. The summed E-state index contributed by atoms with van der Waals surface area (Å²) in [4.78, 5) is 30.9. The minimum atomic E-state index is -4.07. The molecule has 0 atom stereocenters. The highest BCUT2D eigenvalue weighted by Crippen LogP contribution is 2.26. The maximum absolute atomic E-state index is 13.0. The number of nitrogens with zero attached hydrogens (tertiary/aromatic N) is 2. The number of amides is 2. The van der Waals surface area contributed by atoms with E-state index in [1.54, 1.807) is 19.1 Å². The van der Waals surface area contributed by atoms with Gasteiger partial charge in [0.1, 0.15) is 10.7 Å². The van der Waals surface area contributed by atoms with Crippen LogP contribution in [0, 0.1) is 5.82 Å². The van der Waals surface area contributed by atoms with Crippen LogP contribution in [0.2, 0.25) is 5.02 Å². The molecule has 0 aromatic heterocycles. The van der Waals surface area contributed by atoms with Crippen LogP contribution >= 0.6 is 11.6 Å². The number of halogens is 2. The van der Waals surface area contributed by atoms with Gasteiger partial charge >= 0.3 is 0 Å². The van der Waals surface area contributed by atoms with E-state index in [2.05, 4.69) is 5.32 Å². The molecule has 11 heteroatoms. The topological polar surface area (TPSA) is 96.0 Å². The van der Waals surface area contributed by atoms with Crippen molar-refractivity contribution in [2.45, 2.75) is 18.4 Å². The molecule has 2 aromatic carbocycles. The largest absolute Gasteiger partial charge is 0.350 e. The lowest BCUT2D eigenvalue weighted by Gasteiger charge is -2.21. The molecule has 0 unspecified atom stereocenters. The lowest BCUT2D eigenvalue weighted by Crippen LogP contribution is -2.40. The summed E-state index contributed by atoms with van der Waals surface area (Å²) in [5.41, 5.74) is 0.764. The summed E-state index contributed by atoms with van der Waals surface area (Å²) in [7, 11) is -1.69. The van der Waals surface area contributed by atoms with Gasteiger partial charge in [0.25, 0.3) is 15.9 Å². The quantitative estimate of drug-likeness (QED) is 0.567. The van der Waals surface area contributed by atoms with Gasteiger partial charge in [-0.05, 0) is 42.8 Å². The van der Waals surface area contributed by atoms with Crippen molar-refractivity contribution in [3.8, 4) is 0 Å². The lowest BCUT2D eigenvalue weighted by molar-refractivity contribution is -0.121. The Morgan fingerprint density at radius 1 is 1.16 bits per heavy atom. The number of rotatable bonds is 9. The molecule has 0 aliphatic carbocycles. The fraction of sp³-hybridized carbons (Fsp3) is 0.300. The van der Waals surface area contributed by atoms with Gasteiger partial charge in [-0.2, -0.15) is 0 Å². The zero-order chi connectivity index (χ0) is 23.2. The number of hydrogen-bond acceptors (Lipinski definition) is 5. The van der Waals surface area contributed by atoms with Crippen LogP contribution < -0.4 is 5.32 Å². The van der Waals surface area contributed by atoms with Gasteiger partial charge in [0.05, 0.1) is 18.7 Å². The summed E-state index contributed by atoms with van der Waals surface area (Å²) in [6.45, 7) is 1.85. The fourth-order valence-electron chi connectivity index (χ4n) is 2.61. The summed E-state index contributed by atoms with van der Waals surface area (Å²) in [6.07, 6.45) is 0. The van der Waals surface area contributed by atoms with E-state index in [0.29, 0.717) is 10.0 Å². The van der Waals surface area contributed by atoms with E-state index >= 15 is 0 Å². The third-order valence-electron chi connectivity index (χ3n) is 4.46. The van der Waals surface area contributed by atoms with E-state index < -0.39 is 21.8 Å². The number of carbonyl (C=O) groups is 2. The van der Waals surface area contributed by atoms with Gasteiger partial charge in [-0.1, -0.05) is 28.2 Å². The zero-order valence-corrected chi connectivity index (χ0v) is 18.8. The van der Waals surface area contributed by atoms with Crippen molar-refractivity contribution in [1.82, 2.24) is 14.7 Å². The van der Waals surface area contributed by atoms with Crippen LogP contribution in [-0.2, 0) is 26.2 Å². The minimum absolute atomic E-state index is 0.0562. The van der Waals surface area contributed by atoms with Crippen LogP contribution in [-0.4, -0.2) is 56.8 Å². The number of carbonyl (C=O) groups excluding carboxylic acids is 2. The Morgan fingerprint density at radius 2 is 1.81 bits per heavy atom. The van der Waals surface area contributed by atoms with E-state index in [1.807, 2.05) is 0 Å². The molecular weight excluding hydrogens is 449 g/mol. The standard InChI is InChI=1S/C20H23ClFN3O5S/c1-4-25(13-19(26)23-12-14-5-8-16(22)9-6-14)20(27)15-7-10-17(21)18(11-15)31(28,29)24(2)30-3/h5-11H,4,12-13H2,1-3H3,(H,23,26). The van der Waals surface area contributed by atoms with Gasteiger partial charge < -0.3 is 10.2 Å². The van der Waals surface area contributed by atoms with E-state index in [9.17, 15) is 22.4 Å². The first-order chi connectivity index (χ1) is 14.6. The Balaban J connectivity index is 2.13. The number of sulfonamides is 1. The number of hydroxylamine groups is 1. The maximum atomic E-state index is 13.0. The first kappa shape index (κ1) is 24.7. The van der Waals surface area contributed by atoms with Crippen molar-refractivity contribution in [2.75, 3.05) is 27.2 Å². The zero-order valence-electron chi connectivity index (χ0n) is 17.3. The van der Waals surface area contributed by atoms with Gasteiger partial charge in [-0.3, -0.25) is 14.4 Å². The summed E-state index contributed by atoms with van der Waals surface area (Å²) >= 11 is 6.02. The summed E-state index contributed by atoms with van der Waals surface area (Å²) < 4.78 is 38.6. The molecule has 8 nitrogen and oxygen atoms in total. The van der Waals surface area contributed by atoms with Crippen molar-refractivity contribution in [2.24, 2.45) is 0 Å². The Morgan fingerprint density at radius 3 is 2.39 bits per heavy atom. The monoisotopic (exact) mass is 471 g/mol. The van der Waals surface area contributed by atoms with Gasteiger partial charge in [0, 0.05) is 25.7 Å². The predicted octanol–water partition coefficient (Wildman–Crippen LogP) is 2.44. The molecule has 168 valence electrons. The molecule has 0 saturated heterocycles. The highest BCUT2D eigenvalue weighted by atomic mass is 35.5. The molecule has 2 aromatic rings. The van der Waals surface area contributed by atoms with Crippen molar-refractivity contribution < 1.29 is 27.2 Å². The molecule has 0 spiro atoms. The minimum Gasteiger partial charge on any atom is -0.350 e. The molecule has 0 heterocycles. The molecule has 0 aliphatic heterocycles. The van der Waals surface area contributed by atoms with Crippen molar-refractivity contribution in [3.05, 3.63) is 64.4 Å². The third-order valence-corrected chi connectivity index (χ3v) is 6.62. The fourth-order valence-corrected chi connectivity index (χ4v) is 4.09. The predicted molar refractivity (Wildman–Crippen MR) is 113 cm³/mol. The normalized spacial score (nSPS) is 11.4. The average Bonchev–Trinajstić information content (AvgIpc) is 2.76. The summed E-state index contributed by atoms with van der Waals surface area (Å²) in [5, 5.41) is 2.59. The second-order valence-electron chi connectivity index (χ2n) is 6.47. The number of nitrogens with one attached hydrogen (secondary N) is 1. The van der Waals surface area contributed by atoms with E-state index in [1.165, 1.54) is 43.3 Å². The molecule has 1 N–H and O–H groups in total. The van der Waals surface area contributed by atoms with Crippen LogP contribution in [0.3, 0.4) is 0 Å². The Hall–Kier alpha value is -2.53. The average molecular weight is 472 g/mol. The van der Waals surface area contributed by atoms with Crippen LogP contribution in [0.4, 0.5) is 4.39 Å². The number of benzene rings is 2. The van der Waals surface area contributed by atoms with Gasteiger partial charge in [0.2, 0.25) is 5.91 Å². The Bertz CT molecular complexity index is 1050. The van der Waals surface area contributed by atoms with Crippen molar-refractivity contribution >= 4 is 33.4 Å². The van der Waals surface area contributed by atoms with Gasteiger partial charge in [0.15, 0.2) is 0 Å². The third kappa shape index (κ3) is 6.23. The van der Waals surface area contributed by atoms with Crippen molar-refractivity contribution in [1.29, 1.82) is 0 Å². The molecule has 2 amide bonds. The smallest absolute Gasteiger partial charge is 0.266 e. The highest BCUT2D eigenvalue weighted by Gasteiger charge is 2.26. The van der Waals surface area contributed by atoms with Crippen LogP contribution in [0.5, 0.6) is 0 Å². The van der Waals surface area contributed by atoms with E-state index in [-0.39, 0.29) is 40.9 Å². The first-order valence-corrected chi connectivity index (χ1v) is 11.0.